The monoisotopic (exact) mass is 397 g/mol. The van der Waals surface area contributed by atoms with E-state index in [1.54, 1.807) is 0 Å². The highest BCUT2D eigenvalue weighted by Crippen LogP contribution is 2.13. The highest BCUT2D eigenvalue weighted by molar-refractivity contribution is 5.75. The molecule has 0 bridgehead atoms. The van der Waals surface area contributed by atoms with E-state index in [1.165, 1.54) is 0 Å². The molecule has 0 aliphatic rings. The van der Waals surface area contributed by atoms with Crippen molar-refractivity contribution in [1.82, 2.24) is 10.6 Å². The summed E-state index contributed by atoms with van der Waals surface area (Å²) in [6.45, 7) is 7.17. The minimum Gasteiger partial charge on any atom is -0.491 e. The van der Waals surface area contributed by atoms with Gasteiger partial charge in [0, 0.05) is 25.0 Å². The zero-order valence-corrected chi connectivity index (χ0v) is 16.8. The van der Waals surface area contributed by atoms with Gasteiger partial charge in [-0.15, -0.1) is 10.1 Å². The minimum atomic E-state index is -0.866. The Morgan fingerprint density at radius 1 is 1.29 bits per heavy atom. The van der Waals surface area contributed by atoms with Gasteiger partial charge in [-0.2, -0.15) is 0 Å². The van der Waals surface area contributed by atoms with Crippen molar-refractivity contribution < 1.29 is 24.6 Å². The number of β-amino-alcohol motifs (C(OH)–C–C–N with tert-alkyl or cyclic N) is 1. The van der Waals surface area contributed by atoms with Crippen molar-refractivity contribution in [3.8, 4) is 5.75 Å². The molecular formula is C19H31N3O6. The molecule has 9 nitrogen and oxygen atoms in total. The Labute approximate surface area is 165 Å². The third kappa shape index (κ3) is 12.1. The van der Waals surface area contributed by atoms with Crippen LogP contribution in [0.1, 0.15) is 39.2 Å². The van der Waals surface area contributed by atoms with Crippen LogP contribution in [0, 0.1) is 10.1 Å². The molecule has 1 atom stereocenters. The molecule has 1 aromatic rings. The van der Waals surface area contributed by atoms with Gasteiger partial charge in [-0.05, 0) is 51.3 Å². The number of carbonyl (C=O) groups excluding carboxylic acids is 1. The summed E-state index contributed by atoms with van der Waals surface area (Å²) in [6, 6.07) is 7.48. The summed E-state index contributed by atoms with van der Waals surface area (Å²) in [7, 11) is 0. The predicted molar refractivity (Wildman–Crippen MR) is 105 cm³/mol. The van der Waals surface area contributed by atoms with Crippen molar-refractivity contribution in [3.63, 3.8) is 0 Å². The summed E-state index contributed by atoms with van der Waals surface area (Å²) in [4.78, 5) is 25.8. The molecule has 0 radical (unpaired) electrons. The highest BCUT2D eigenvalue weighted by atomic mass is 16.9. The number of hydrogen-bond acceptors (Lipinski definition) is 7. The normalized spacial score (nSPS) is 12.3. The quantitative estimate of drug-likeness (QED) is 0.262. The number of benzene rings is 1. The molecule has 0 fully saturated rings. The van der Waals surface area contributed by atoms with Crippen molar-refractivity contribution in [2.45, 2.75) is 51.7 Å². The Hall–Kier alpha value is -2.39. The second-order valence-electron chi connectivity index (χ2n) is 7.50. The summed E-state index contributed by atoms with van der Waals surface area (Å²) in [5, 5.41) is 25.0. The van der Waals surface area contributed by atoms with Gasteiger partial charge in [0.2, 0.25) is 5.91 Å². The average Bonchev–Trinajstić information content (AvgIpc) is 2.62. The fraction of sp³-hybridized carbons (Fsp3) is 0.632. The molecule has 0 aliphatic heterocycles. The van der Waals surface area contributed by atoms with Gasteiger partial charge in [0.15, 0.2) is 0 Å². The first-order chi connectivity index (χ1) is 13.2. The van der Waals surface area contributed by atoms with Crippen molar-refractivity contribution in [1.29, 1.82) is 0 Å². The lowest BCUT2D eigenvalue weighted by Crippen LogP contribution is -2.42. The van der Waals surface area contributed by atoms with Crippen molar-refractivity contribution in [2.24, 2.45) is 0 Å². The fourth-order valence-electron chi connectivity index (χ4n) is 2.23. The van der Waals surface area contributed by atoms with Gasteiger partial charge in [-0.3, -0.25) is 4.79 Å². The van der Waals surface area contributed by atoms with E-state index >= 15 is 0 Å². The van der Waals surface area contributed by atoms with Crippen LogP contribution in [0.15, 0.2) is 24.3 Å². The van der Waals surface area contributed by atoms with E-state index in [2.05, 4.69) is 15.5 Å². The Morgan fingerprint density at radius 3 is 2.57 bits per heavy atom. The molecule has 1 amide bonds. The smallest absolute Gasteiger partial charge is 0.294 e. The van der Waals surface area contributed by atoms with Crippen molar-refractivity contribution in [3.05, 3.63) is 39.9 Å². The number of rotatable bonds is 13. The van der Waals surface area contributed by atoms with Crippen LogP contribution in [-0.4, -0.2) is 54.0 Å². The minimum absolute atomic E-state index is 0.0547. The maximum absolute atomic E-state index is 11.6. The molecule has 0 saturated carbocycles. The maximum atomic E-state index is 11.6. The number of aliphatic hydroxyl groups excluding tert-OH is 1. The van der Waals surface area contributed by atoms with Crippen LogP contribution >= 0.6 is 0 Å². The molecule has 3 N–H and O–H groups in total. The molecule has 1 rings (SSSR count). The van der Waals surface area contributed by atoms with Crippen molar-refractivity contribution in [2.75, 3.05) is 26.3 Å². The number of ether oxygens (including phenoxy) is 1. The zero-order chi connectivity index (χ0) is 21.0. The summed E-state index contributed by atoms with van der Waals surface area (Å²) in [5.74, 6) is 0.512. The van der Waals surface area contributed by atoms with E-state index in [-0.39, 0.29) is 31.1 Å². The lowest BCUT2D eigenvalue weighted by Gasteiger charge is -2.23. The van der Waals surface area contributed by atoms with Gasteiger partial charge >= 0.3 is 0 Å². The molecule has 28 heavy (non-hydrogen) atoms. The molecule has 0 heterocycles. The first kappa shape index (κ1) is 23.6. The number of carbonyl (C=O) groups is 1. The molecular weight excluding hydrogens is 366 g/mol. The maximum Gasteiger partial charge on any atom is 0.294 e. The van der Waals surface area contributed by atoms with Crippen LogP contribution in [0.3, 0.4) is 0 Å². The SMILES string of the molecule is CC(C)(C)NCC(O)COc1ccc(CCNC(=O)CCCO[N+](=O)[O-])cc1. The lowest BCUT2D eigenvalue weighted by atomic mass is 10.1. The van der Waals surface area contributed by atoms with Gasteiger partial charge in [0.05, 0.1) is 6.61 Å². The molecule has 0 aromatic heterocycles. The molecule has 158 valence electrons. The molecule has 1 unspecified atom stereocenters. The Balaban J connectivity index is 2.20. The summed E-state index contributed by atoms with van der Waals surface area (Å²) in [6.07, 6.45) is 0.559. The molecule has 0 aliphatic carbocycles. The Kier molecular flexibility index (Phi) is 10.3. The van der Waals surface area contributed by atoms with E-state index in [1.807, 2.05) is 45.0 Å². The second kappa shape index (κ2) is 12.1. The largest absolute Gasteiger partial charge is 0.491 e. The molecule has 0 saturated heterocycles. The summed E-state index contributed by atoms with van der Waals surface area (Å²) >= 11 is 0. The molecule has 9 heteroatoms. The number of nitrogens with zero attached hydrogens (tertiary/aromatic N) is 1. The van der Waals surface area contributed by atoms with E-state index in [0.29, 0.717) is 31.7 Å². The van der Waals surface area contributed by atoms with E-state index in [9.17, 15) is 20.0 Å². The first-order valence-corrected chi connectivity index (χ1v) is 9.34. The number of aliphatic hydroxyl groups is 1. The number of nitrogens with one attached hydrogen (secondary N) is 2. The van der Waals surface area contributed by atoms with Gasteiger partial charge in [-0.25, -0.2) is 0 Å². The fourth-order valence-corrected chi connectivity index (χ4v) is 2.23. The van der Waals surface area contributed by atoms with Crippen LogP contribution in [0.2, 0.25) is 0 Å². The van der Waals surface area contributed by atoms with E-state index < -0.39 is 11.2 Å². The van der Waals surface area contributed by atoms with Crippen LogP contribution < -0.4 is 15.4 Å². The Morgan fingerprint density at radius 2 is 1.96 bits per heavy atom. The van der Waals surface area contributed by atoms with Gasteiger partial charge in [0.25, 0.3) is 5.09 Å². The molecule has 0 spiro atoms. The molecule has 1 aromatic carbocycles. The highest BCUT2D eigenvalue weighted by Gasteiger charge is 2.12. The van der Waals surface area contributed by atoms with E-state index in [0.717, 1.165) is 5.56 Å². The van der Waals surface area contributed by atoms with Crippen LogP contribution in [-0.2, 0) is 16.1 Å². The second-order valence-corrected chi connectivity index (χ2v) is 7.50. The lowest BCUT2D eigenvalue weighted by molar-refractivity contribution is -0.757. The predicted octanol–water partition coefficient (Wildman–Crippen LogP) is 1.46. The Bertz CT molecular complexity index is 601. The number of hydrogen-bond donors (Lipinski definition) is 3. The zero-order valence-electron chi connectivity index (χ0n) is 16.8. The first-order valence-electron chi connectivity index (χ1n) is 9.34. The van der Waals surface area contributed by atoms with Gasteiger partial charge < -0.3 is 25.3 Å². The standard InChI is InChI=1S/C19H31N3O6/c1-19(2,3)21-13-16(23)14-27-17-8-6-15(7-9-17)10-11-20-18(24)5-4-12-28-22(25)26/h6-9,16,21,23H,4-5,10-14H2,1-3H3,(H,20,24). The summed E-state index contributed by atoms with van der Waals surface area (Å²) < 4.78 is 5.58. The average molecular weight is 397 g/mol. The van der Waals surface area contributed by atoms with E-state index in [4.69, 9.17) is 4.74 Å². The van der Waals surface area contributed by atoms with Crippen LogP contribution in [0.25, 0.3) is 0 Å². The topological polar surface area (TPSA) is 123 Å². The van der Waals surface area contributed by atoms with Gasteiger partial charge in [-0.1, -0.05) is 12.1 Å². The summed E-state index contributed by atoms with van der Waals surface area (Å²) in [5.41, 5.74) is 0.986. The van der Waals surface area contributed by atoms with Gasteiger partial charge in [0.1, 0.15) is 18.5 Å². The van der Waals surface area contributed by atoms with Crippen LogP contribution in [0.4, 0.5) is 0 Å². The van der Waals surface area contributed by atoms with Crippen molar-refractivity contribution >= 4 is 5.91 Å². The van der Waals surface area contributed by atoms with Crippen LogP contribution in [0.5, 0.6) is 5.75 Å². The third-order valence-electron chi connectivity index (χ3n) is 3.71. The number of amides is 1. The third-order valence-corrected chi connectivity index (χ3v) is 3.71.